The second-order valence-corrected chi connectivity index (χ2v) is 8.42. The molecule has 1 atom stereocenters. The number of alkyl halides is 3. The van der Waals surface area contributed by atoms with Gasteiger partial charge in [0.25, 0.3) is 0 Å². The number of nitrogens with one attached hydrogen (secondary N) is 1. The Balaban J connectivity index is 1.32. The minimum atomic E-state index is -4.49. The first-order valence-electron chi connectivity index (χ1n) is 10.3. The summed E-state index contributed by atoms with van der Waals surface area (Å²) in [6.45, 7) is 1.31. The summed E-state index contributed by atoms with van der Waals surface area (Å²) in [6.07, 6.45) is -2.29. The third kappa shape index (κ3) is 4.88. The first-order chi connectivity index (χ1) is 15.2. The van der Waals surface area contributed by atoms with Gasteiger partial charge in [0.15, 0.2) is 0 Å². The number of pyridine rings is 1. The second-order valence-electron chi connectivity index (χ2n) is 8.02. The Labute approximate surface area is 188 Å². The van der Waals surface area contributed by atoms with Crippen LogP contribution in [0.2, 0.25) is 5.02 Å². The molecule has 0 unspecified atom stereocenters. The minimum Gasteiger partial charge on any atom is -0.355 e. The number of aromatic nitrogens is 1. The van der Waals surface area contributed by atoms with Crippen molar-refractivity contribution in [3.05, 3.63) is 58.7 Å². The Morgan fingerprint density at radius 2 is 1.81 bits per heavy atom. The average Bonchev–Trinajstić information content (AvgIpc) is 3.02. The molecule has 2 aliphatic heterocycles. The van der Waals surface area contributed by atoms with E-state index in [9.17, 15) is 22.8 Å². The summed E-state index contributed by atoms with van der Waals surface area (Å²) in [4.78, 5) is 32.2. The van der Waals surface area contributed by atoms with E-state index in [0.717, 1.165) is 17.8 Å². The molecule has 2 aliphatic rings. The van der Waals surface area contributed by atoms with Gasteiger partial charge in [-0.25, -0.2) is 4.98 Å². The summed E-state index contributed by atoms with van der Waals surface area (Å²) in [7, 11) is 0. The standard InChI is InChI=1S/C22H22ClF3N4O2/c23-17-10-15(22(24,25)26)12-27-20(17)29-8-6-16(7-9-29)28-18-11-19(31)30(21(18)32)13-14-4-2-1-3-5-14/h1-5,10,12,16,18,28H,6-9,11,13H2/t18-/m0/s1. The number of carbonyl (C=O) groups excluding carboxylic acids is 2. The van der Waals surface area contributed by atoms with E-state index in [1.54, 1.807) is 0 Å². The highest BCUT2D eigenvalue weighted by atomic mass is 35.5. The molecule has 32 heavy (non-hydrogen) atoms. The summed E-state index contributed by atoms with van der Waals surface area (Å²) < 4.78 is 38.5. The average molecular weight is 467 g/mol. The smallest absolute Gasteiger partial charge is 0.355 e. The van der Waals surface area contributed by atoms with Crippen molar-refractivity contribution in [2.75, 3.05) is 18.0 Å². The number of nitrogens with zero attached hydrogens (tertiary/aromatic N) is 3. The molecule has 6 nitrogen and oxygen atoms in total. The van der Waals surface area contributed by atoms with Gasteiger partial charge in [-0.05, 0) is 24.5 Å². The fourth-order valence-corrected chi connectivity index (χ4v) is 4.39. The molecule has 1 aromatic heterocycles. The number of hydrogen-bond acceptors (Lipinski definition) is 5. The van der Waals surface area contributed by atoms with Crippen molar-refractivity contribution in [2.45, 2.75) is 44.1 Å². The van der Waals surface area contributed by atoms with Crippen LogP contribution in [0, 0.1) is 0 Å². The third-order valence-electron chi connectivity index (χ3n) is 5.81. The van der Waals surface area contributed by atoms with Crippen LogP contribution in [0.3, 0.4) is 0 Å². The quantitative estimate of drug-likeness (QED) is 0.682. The predicted molar refractivity (Wildman–Crippen MR) is 113 cm³/mol. The predicted octanol–water partition coefficient (Wildman–Crippen LogP) is 3.64. The molecule has 0 aliphatic carbocycles. The fourth-order valence-electron chi connectivity index (χ4n) is 4.11. The van der Waals surface area contributed by atoms with Gasteiger partial charge in [-0.1, -0.05) is 41.9 Å². The van der Waals surface area contributed by atoms with E-state index >= 15 is 0 Å². The highest BCUT2D eigenvalue weighted by Crippen LogP contribution is 2.34. The summed E-state index contributed by atoms with van der Waals surface area (Å²) in [6, 6.07) is 9.69. The largest absolute Gasteiger partial charge is 0.417 e. The second kappa shape index (κ2) is 9.07. The number of benzene rings is 1. The first kappa shape index (κ1) is 22.5. The monoisotopic (exact) mass is 466 g/mol. The molecular weight excluding hydrogens is 445 g/mol. The molecule has 2 fully saturated rings. The summed E-state index contributed by atoms with van der Waals surface area (Å²) in [5, 5.41) is 3.25. The number of likely N-dealkylation sites (tertiary alicyclic amines) is 1. The molecule has 0 spiro atoms. The molecule has 10 heteroatoms. The van der Waals surface area contributed by atoms with Crippen LogP contribution in [-0.4, -0.2) is 46.9 Å². The number of amides is 2. The maximum Gasteiger partial charge on any atom is 0.417 e. The number of rotatable bonds is 5. The lowest BCUT2D eigenvalue weighted by Crippen LogP contribution is -2.49. The summed E-state index contributed by atoms with van der Waals surface area (Å²) >= 11 is 6.05. The molecule has 0 radical (unpaired) electrons. The highest BCUT2D eigenvalue weighted by Gasteiger charge is 2.40. The van der Waals surface area contributed by atoms with Crippen LogP contribution in [0.25, 0.3) is 0 Å². The van der Waals surface area contributed by atoms with Crippen LogP contribution >= 0.6 is 11.6 Å². The molecule has 3 heterocycles. The zero-order chi connectivity index (χ0) is 22.9. The topological polar surface area (TPSA) is 65.5 Å². The van der Waals surface area contributed by atoms with Crippen LogP contribution in [-0.2, 0) is 22.3 Å². The van der Waals surface area contributed by atoms with E-state index in [4.69, 9.17) is 11.6 Å². The van der Waals surface area contributed by atoms with Crippen molar-refractivity contribution in [2.24, 2.45) is 0 Å². The van der Waals surface area contributed by atoms with E-state index in [-0.39, 0.29) is 35.8 Å². The van der Waals surface area contributed by atoms with Gasteiger partial charge in [0.1, 0.15) is 5.82 Å². The molecule has 2 saturated heterocycles. The Hall–Kier alpha value is -2.65. The molecule has 0 saturated carbocycles. The lowest BCUT2D eigenvalue weighted by Gasteiger charge is -2.34. The van der Waals surface area contributed by atoms with Gasteiger partial charge in [-0.2, -0.15) is 13.2 Å². The van der Waals surface area contributed by atoms with Crippen molar-refractivity contribution >= 4 is 29.2 Å². The first-order valence-corrected chi connectivity index (χ1v) is 10.7. The van der Waals surface area contributed by atoms with Gasteiger partial charge in [0.2, 0.25) is 11.8 Å². The molecule has 0 bridgehead atoms. The van der Waals surface area contributed by atoms with Gasteiger partial charge >= 0.3 is 6.18 Å². The third-order valence-corrected chi connectivity index (χ3v) is 6.09. The number of imide groups is 1. The Morgan fingerprint density at radius 1 is 1.12 bits per heavy atom. The van der Waals surface area contributed by atoms with Crippen LogP contribution in [0.15, 0.2) is 42.6 Å². The highest BCUT2D eigenvalue weighted by molar-refractivity contribution is 6.33. The van der Waals surface area contributed by atoms with Crippen molar-refractivity contribution < 1.29 is 22.8 Å². The van der Waals surface area contributed by atoms with Gasteiger partial charge in [0.05, 0.1) is 29.6 Å². The Morgan fingerprint density at radius 3 is 2.44 bits per heavy atom. The van der Waals surface area contributed by atoms with Crippen molar-refractivity contribution in [3.8, 4) is 0 Å². The molecule has 170 valence electrons. The Bertz CT molecular complexity index is 994. The number of anilines is 1. The van der Waals surface area contributed by atoms with E-state index in [1.165, 1.54) is 4.90 Å². The van der Waals surface area contributed by atoms with E-state index in [2.05, 4.69) is 10.3 Å². The molecular formula is C22H22ClF3N4O2. The SMILES string of the molecule is O=C1C[C@H](NC2CCN(c3ncc(C(F)(F)F)cc3Cl)CC2)C(=O)N1Cc1ccccc1. The van der Waals surface area contributed by atoms with Gasteiger partial charge in [-0.3, -0.25) is 14.5 Å². The molecule has 2 aromatic rings. The molecule has 4 rings (SSSR count). The normalized spacial score (nSPS) is 20.3. The molecule has 2 amide bonds. The molecule has 1 aromatic carbocycles. The number of carbonyl (C=O) groups is 2. The van der Waals surface area contributed by atoms with E-state index in [1.807, 2.05) is 35.2 Å². The number of hydrogen-bond donors (Lipinski definition) is 1. The number of piperidine rings is 1. The van der Waals surface area contributed by atoms with Gasteiger partial charge in [0, 0.05) is 25.3 Å². The Kier molecular flexibility index (Phi) is 6.39. The van der Waals surface area contributed by atoms with Crippen LogP contribution < -0.4 is 10.2 Å². The maximum absolute atomic E-state index is 12.8. The lowest BCUT2D eigenvalue weighted by molar-refractivity contribution is -0.140. The van der Waals surface area contributed by atoms with Crippen molar-refractivity contribution in [3.63, 3.8) is 0 Å². The summed E-state index contributed by atoms with van der Waals surface area (Å²) in [5.74, 6) is -0.109. The van der Waals surface area contributed by atoms with E-state index < -0.39 is 17.8 Å². The van der Waals surface area contributed by atoms with Crippen LogP contribution in [0.4, 0.5) is 19.0 Å². The van der Waals surface area contributed by atoms with Crippen LogP contribution in [0.1, 0.15) is 30.4 Å². The van der Waals surface area contributed by atoms with Crippen molar-refractivity contribution in [1.82, 2.24) is 15.2 Å². The zero-order valence-electron chi connectivity index (χ0n) is 17.1. The van der Waals surface area contributed by atoms with Crippen LogP contribution in [0.5, 0.6) is 0 Å². The fraction of sp³-hybridized carbons (Fsp3) is 0.409. The van der Waals surface area contributed by atoms with E-state index in [0.29, 0.717) is 31.7 Å². The number of halogens is 4. The summed E-state index contributed by atoms with van der Waals surface area (Å²) in [5.41, 5.74) is 0.0105. The van der Waals surface area contributed by atoms with Gasteiger partial charge in [-0.15, -0.1) is 0 Å². The maximum atomic E-state index is 12.8. The van der Waals surface area contributed by atoms with Gasteiger partial charge < -0.3 is 10.2 Å². The lowest BCUT2D eigenvalue weighted by atomic mass is 10.0. The molecule has 1 N–H and O–H groups in total. The minimum absolute atomic E-state index is 0.0119. The van der Waals surface area contributed by atoms with Crippen molar-refractivity contribution in [1.29, 1.82) is 0 Å². The zero-order valence-corrected chi connectivity index (χ0v) is 17.9.